The Kier molecular flexibility index (Phi) is 5.87. The third kappa shape index (κ3) is 4.10. The molecule has 1 amide bonds. The van der Waals surface area contributed by atoms with Crippen molar-refractivity contribution < 1.29 is 9.90 Å². The van der Waals surface area contributed by atoms with Crippen LogP contribution in [0, 0.1) is 0 Å². The highest BCUT2D eigenvalue weighted by Crippen LogP contribution is 2.27. The van der Waals surface area contributed by atoms with Crippen LogP contribution in [0.4, 0.5) is 0 Å². The second-order valence-corrected chi connectivity index (χ2v) is 6.67. The maximum atomic E-state index is 12.7. The average molecular weight is 341 g/mol. The van der Waals surface area contributed by atoms with E-state index in [0.29, 0.717) is 25.1 Å². The van der Waals surface area contributed by atoms with Crippen molar-refractivity contribution in [1.29, 1.82) is 0 Å². The lowest BCUT2D eigenvalue weighted by molar-refractivity contribution is 0.0936. The van der Waals surface area contributed by atoms with Gasteiger partial charge in [0, 0.05) is 18.7 Å². The standard InChI is InChI=1S/C20H27N3O2/c1-2-16(24)12-13-21-20(25)18-17-11-7-4-8-14-23(17)19(22-18)15-9-5-3-6-10-15/h3,5-6,9-10,16,24H,2,4,7-8,11-14H2,1H3,(H,21,25)/t16-/m1/s1. The average Bonchev–Trinajstić information content (AvgIpc) is 2.83. The number of hydrogen-bond donors (Lipinski definition) is 2. The molecule has 1 atom stereocenters. The molecule has 0 saturated heterocycles. The molecule has 5 nitrogen and oxygen atoms in total. The third-order valence-corrected chi connectivity index (χ3v) is 4.85. The molecule has 0 bridgehead atoms. The Bertz CT molecular complexity index is 709. The van der Waals surface area contributed by atoms with E-state index >= 15 is 0 Å². The first-order chi connectivity index (χ1) is 12.2. The predicted octanol–water partition coefficient (Wildman–Crippen LogP) is 3.17. The summed E-state index contributed by atoms with van der Waals surface area (Å²) in [6.07, 6.45) is 5.19. The first-order valence-corrected chi connectivity index (χ1v) is 9.31. The normalized spacial score (nSPS) is 15.3. The highest BCUT2D eigenvalue weighted by Gasteiger charge is 2.24. The van der Waals surface area contributed by atoms with E-state index in [9.17, 15) is 9.90 Å². The summed E-state index contributed by atoms with van der Waals surface area (Å²) in [5.74, 6) is 0.757. The number of fused-ring (bicyclic) bond motifs is 1. The van der Waals surface area contributed by atoms with Crippen molar-refractivity contribution in [2.24, 2.45) is 0 Å². The Morgan fingerprint density at radius 3 is 2.84 bits per heavy atom. The number of carbonyl (C=O) groups excluding carboxylic acids is 1. The molecule has 134 valence electrons. The molecule has 0 spiro atoms. The number of benzene rings is 1. The van der Waals surface area contributed by atoms with Gasteiger partial charge >= 0.3 is 0 Å². The zero-order valence-electron chi connectivity index (χ0n) is 14.9. The highest BCUT2D eigenvalue weighted by atomic mass is 16.3. The van der Waals surface area contributed by atoms with Gasteiger partial charge in [-0.2, -0.15) is 0 Å². The smallest absolute Gasteiger partial charge is 0.271 e. The van der Waals surface area contributed by atoms with E-state index in [1.807, 2.05) is 37.3 Å². The first kappa shape index (κ1) is 17.7. The second kappa shape index (κ2) is 8.30. The van der Waals surface area contributed by atoms with Gasteiger partial charge in [0.2, 0.25) is 0 Å². The van der Waals surface area contributed by atoms with Crippen LogP contribution in [-0.2, 0) is 13.0 Å². The highest BCUT2D eigenvalue weighted by molar-refractivity contribution is 5.94. The second-order valence-electron chi connectivity index (χ2n) is 6.67. The third-order valence-electron chi connectivity index (χ3n) is 4.85. The van der Waals surface area contributed by atoms with Crippen molar-refractivity contribution in [2.45, 2.75) is 58.1 Å². The molecule has 2 heterocycles. The van der Waals surface area contributed by atoms with Crippen LogP contribution in [0.25, 0.3) is 11.4 Å². The Labute approximate surface area is 149 Å². The van der Waals surface area contributed by atoms with Crippen LogP contribution in [0.3, 0.4) is 0 Å². The van der Waals surface area contributed by atoms with Crippen LogP contribution >= 0.6 is 0 Å². The van der Waals surface area contributed by atoms with E-state index < -0.39 is 0 Å². The molecule has 0 radical (unpaired) electrons. The molecule has 25 heavy (non-hydrogen) atoms. The number of carbonyl (C=O) groups is 1. The van der Waals surface area contributed by atoms with Crippen molar-refractivity contribution in [3.8, 4) is 11.4 Å². The number of amides is 1. The molecule has 0 aliphatic carbocycles. The number of aromatic nitrogens is 2. The lowest BCUT2D eigenvalue weighted by atomic mass is 10.1. The Balaban J connectivity index is 1.86. The summed E-state index contributed by atoms with van der Waals surface area (Å²) in [5.41, 5.74) is 2.64. The summed E-state index contributed by atoms with van der Waals surface area (Å²) < 4.78 is 2.22. The molecule has 2 aromatic rings. The van der Waals surface area contributed by atoms with Crippen molar-refractivity contribution in [3.63, 3.8) is 0 Å². The topological polar surface area (TPSA) is 67.2 Å². The van der Waals surface area contributed by atoms with Crippen LogP contribution in [-0.4, -0.2) is 33.2 Å². The number of rotatable bonds is 6. The molecule has 0 saturated carbocycles. The molecule has 1 aromatic carbocycles. The summed E-state index contributed by atoms with van der Waals surface area (Å²) in [5, 5.41) is 12.6. The minimum atomic E-state index is -0.362. The predicted molar refractivity (Wildman–Crippen MR) is 98.5 cm³/mol. The molecule has 0 unspecified atom stereocenters. The van der Waals surface area contributed by atoms with Gasteiger partial charge in [0.25, 0.3) is 5.91 Å². The molecular formula is C20H27N3O2. The Hall–Kier alpha value is -2.14. The van der Waals surface area contributed by atoms with Gasteiger partial charge in [-0.15, -0.1) is 0 Å². The molecule has 1 aliphatic heterocycles. The van der Waals surface area contributed by atoms with Gasteiger partial charge in [0.05, 0.1) is 11.8 Å². The van der Waals surface area contributed by atoms with Gasteiger partial charge in [-0.05, 0) is 32.1 Å². The van der Waals surface area contributed by atoms with Gasteiger partial charge in [0.15, 0.2) is 0 Å². The van der Waals surface area contributed by atoms with Crippen LogP contribution in [0.5, 0.6) is 0 Å². The minimum Gasteiger partial charge on any atom is -0.393 e. The van der Waals surface area contributed by atoms with Gasteiger partial charge in [0.1, 0.15) is 11.5 Å². The van der Waals surface area contributed by atoms with Crippen LogP contribution < -0.4 is 5.32 Å². The lowest BCUT2D eigenvalue weighted by Crippen LogP contribution is -2.28. The van der Waals surface area contributed by atoms with E-state index in [1.165, 1.54) is 6.42 Å². The first-order valence-electron chi connectivity index (χ1n) is 9.31. The molecule has 1 aromatic heterocycles. The fraction of sp³-hybridized carbons (Fsp3) is 0.500. The van der Waals surface area contributed by atoms with Gasteiger partial charge in [-0.25, -0.2) is 4.98 Å². The number of aliphatic hydroxyl groups excluding tert-OH is 1. The fourth-order valence-corrected chi connectivity index (χ4v) is 3.35. The maximum Gasteiger partial charge on any atom is 0.271 e. The van der Waals surface area contributed by atoms with Gasteiger partial charge in [-0.1, -0.05) is 43.7 Å². The summed E-state index contributed by atoms with van der Waals surface area (Å²) in [6, 6.07) is 10.1. The molecule has 2 N–H and O–H groups in total. The quantitative estimate of drug-likeness (QED) is 0.848. The minimum absolute atomic E-state index is 0.129. The van der Waals surface area contributed by atoms with Crippen molar-refractivity contribution in [2.75, 3.05) is 6.54 Å². The molecule has 0 fully saturated rings. The van der Waals surface area contributed by atoms with E-state index in [2.05, 4.69) is 9.88 Å². The SMILES string of the molecule is CC[C@@H](O)CCNC(=O)c1nc(-c2ccccc2)n2c1CCCCC2. The van der Waals surface area contributed by atoms with Gasteiger partial charge < -0.3 is 15.0 Å². The molecule has 1 aliphatic rings. The van der Waals surface area contributed by atoms with Crippen LogP contribution in [0.2, 0.25) is 0 Å². The number of hydrogen-bond acceptors (Lipinski definition) is 3. The van der Waals surface area contributed by atoms with E-state index in [1.54, 1.807) is 0 Å². The maximum absolute atomic E-state index is 12.7. The van der Waals surface area contributed by atoms with E-state index in [4.69, 9.17) is 4.98 Å². The zero-order valence-corrected chi connectivity index (χ0v) is 14.9. The Morgan fingerprint density at radius 1 is 1.28 bits per heavy atom. The number of nitrogens with one attached hydrogen (secondary N) is 1. The Morgan fingerprint density at radius 2 is 2.08 bits per heavy atom. The summed E-state index contributed by atoms with van der Waals surface area (Å²) in [6.45, 7) is 3.32. The van der Waals surface area contributed by atoms with Crippen LogP contribution in [0.15, 0.2) is 30.3 Å². The fourth-order valence-electron chi connectivity index (χ4n) is 3.35. The monoisotopic (exact) mass is 341 g/mol. The molecule has 5 heteroatoms. The molecular weight excluding hydrogens is 314 g/mol. The summed E-state index contributed by atoms with van der Waals surface area (Å²) >= 11 is 0. The molecule has 3 rings (SSSR count). The van der Waals surface area contributed by atoms with E-state index in [-0.39, 0.29) is 12.0 Å². The van der Waals surface area contributed by atoms with E-state index in [0.717, 1.165) is 42.9 Å². The largest absolute Gasteiger partial charge is 0.393 e. The van der Waals surface area contributed by atoms with Crippen molar-refractivity contribution in [3.05, 3.63) is 41.7 Å². The van der Waals surface area contributed by atoms with Crippen LogP contribution in [0.1, 0.15) is 55.2 Å². The lowest BCUT2D eigenvalue weighted by Gasteiger charge is -2.10. The zero-order chi connectivity index (χ0) is 17.6. The van der Waals surface area contributed by atoms with Crippen molar-refractivity contribution in [1.82, 2.24) is 14.9 Å². The summed E-state index contributed by atoms with van der Waals surface area (Å²) in [4.78, 5) is 17.4. The van der Waals surface area contributed by atoms with Crippen molar-refractivity contribution >= 4 is 5.91 Å². The van der Waals surface area contributed by atoms with Gasteiger partial charge in [-0.3, -0.25) is 4.79 Å². The number of aliphatic hydroxyl groups is 1. The number of nitrogens with zero attached hydrogens (tertiary/aromatic N) is 2. The number of imidazole rings is 1. The summed E-state index contributed by atoms with van der Waals surface area (Å²) in [7, 11) is 0.